The van der Waals surface area contributed by atoms with Crippen molar-refractivity contribution >= 4 is 11.7 Å². The van der Waals surface area contributed by atoms with Gasteiger partial charge in [-0.15, -0.1) is 0 Å². The average Bonchev–Trinajstić information content (AvgIpc) is 2.59. The van der Waals surface area contributed by atoms with Gasteiger partial charge in [-0.3, -0.25) is 4.90 Å². The highest BCUT2D eigenvalue weighted by Crippen LogP contribution is 2.32. The molecule has 17 heavy (non-hydrogen) atoms. The van der Waals surface area contributed by atoms with Crippen LogP contribution >= 0.6 is 0 Å². The highest BCUT2D eigenvalue weighted by atomic mass is 16.2. The van der Waals surface area contributed by atoms with E-state index >= 15 is 0 Å². The number of nitrogens with one attached hydrogen (secondary N) is 1. The van der Waals surface area contributed by atoms with Crippen LogP contribution < -0.4 is 10.2 Å². The molecular formula is C14H18N2O. The molecule has 90 valence electrons. The summed E-state index contributed by atoms with van der Waals surface area (Å²) < 4.78 is 0. The molecule has 2 aliphatic rings. The Bertz CT molecular complexity index is 440. The van der Waals surface area contributed by atoms with E-state index in [4.69, 9.17) is 0 Å². The molecule has 1 aromatic carbocycles. The molecule has 1 atom stereocenters. The molecule has 2 amide bonds. The minimum Gasteiger partial charge on any atom is -0.335 e. The number of carbonyl (C=O) groups is 1. The second-order valence-corrected chi connectivity index (χ2v) is 5.13. The summed E-state index contributed by atoms with van der Waals surface area (Å²) in [7, 11) is 0. The quantitative estimate of drug-likeness (QED) is 0.790. The zero-order valence-electron chi connectivity index (χ0n) is 10.1. The lowest BCUT2D eigenvalue weighted by molar-refractivity contribution is 0.233. The van der Waals surface area contributed by atoms with Crippen LogP contribution in [0, 0.1) is 0 Å². The van der Waals surface area contributed by atoms with Crippen molar-refractivity contribution in [2.45, 2.75) is 44.7 Å². The topological polar surface area (TPSA) is 32.3 Å². The first-order chi connectivity index (χ1) is 8.25. The first-order valence-electron chi connectivity index (χ1n) is 6.43. The molecule has 1 N–H and O–H groups in total. The van der Waals surface area contributed by atoms with E-state index in [1.165, 1.54) is 12.0 Å². The van der Waals surface area contributed by atoms with Gasteiger partial charge in [-0.25, -0.2) is 4.79 Å². The fourth-order valence-corrected chi connectivity index (χ4v) is 2.67. The maximum absolute atomic E-state index is 12.2. The van der Waals surface area contributed by atoms with E-state index in [1.54, 1.807) is 0 Å². The molecule has 1 aliphatic heterocycles. The Hall–Kier alpha value is -1.51. The van der Waals surface area contributed by atoms with Crippen LogP contribution in [0.3, 0.4) is 0 Å². The zero-order valence-corrected chi connectivity index (χ0v) is 10.1. The van der Waals surface area contributed by atoms with Gasteiger partial charge in [-0.05, 0) is 44.2 Å². The van der Waals surface area contributed by atoms with Crippen molar-refractivity contribution in [3.63, 3.8) is 0 Å². The van der Waals surface area contributed by atoms with Gasteiger partial charge in [0.15, 0.2) is 0 Å². The van der Waals surface area contributed by atoms with Gasteiger partial charge < -0.3 is 5.32 Å². The lowest BCUT2D eigenvalue weighted by Crippen LogP contribution is -2.49. The van der Waals surface area contributed by atoms with Gasteiger partial charge in [0, 0.05) is 17.8 Å². The molecule has 0 aromatic heterocycles. The molecule has 1 fully saturated rings. The van der Waals surface area contributed by atoms with Gasteiger partial charge in [-0.1, -0.05) is 18.2 Å². The molecule has 0 radical (unpaired) electrons. The van der Waals surface area contributed by atoms with Crippen LogP contribution in [0.15, 0.2) is 24.3 Å². The van der Waals surface area contributed by atoms with Crippen molar-refractivity contribution in [2.75, 3.05) is 4.90 Å². The Balaban J connectivity index is 1.79. The summed E-state index contributed by atoms with van der Waals surface area (Å²) in [5.74, 6) is 0. The predicted molar refractivity (Wildman–Crippen MR) is 68.3 cm³/mol. The molecule has 3 heteroatoms. The van der Waals surface area contributed by atoms with Gasteiger partial charge in [0.05, 0.1) is 0 Å². The number of para-hydroxylation sites is 1. The molecule has 1 heterocycles. The number of hydrogen-bond acceptors (Lipinski definition) is 1. The van der Waals surface area contributed by atoms with Crippen molar-refractivity contribution in [1.29, 1.82) is 0 Å². The van der Waals surface area contributed by atoms with Crippen molar-refractivity contribution < 1.29 is 4.79 Å². The first kappa shape index (κ1) is 10.6. The number of carbonyl (C=O) groups excluding carboxylic acids is 1. The van der Waals surface area contributed by atoms with Crippen molar-refractivity contribution in [3.8, 4) is 0 Å². The molecule has 1 saturated carbocycles. The zero-order chi connectivity index (χ0) is 11.8. The summed E-state index contributed by atoms with van der Waals surface area (Å²) in [5, 5.41) is 3.12. The number of rotatable bonds is 1. The van der Waals surface area contributed by atoms with E-state index < -0.39 is 0 Å². The van der Waals surface area contributed by atoms with E-state index in [0.29, 0.717) is 6.04 Å². The fraction of sp³-hybridized carbons (Fsp3) is 0.500. The Morgan fingerprint density at radius 1 is 1.35 bits per heavy atom. The standard InChI is InChI=1S/C14H18N2O/c1-10-9-11-5-2-3-8-13(11)16(10)14(17)15-12-6-4-7-12/h2-3,5,8,10,12H,4,6-7,9H2,1H3,(H,15,17). The summed E-state index contributed by atoms with van der Waals surface area (Å²) >= 11 is 0. The van der Waals surface area contributed by atoms with Crippen LogP contribution in [0.2, 0.25) is 0 Å². The second-order valence-electron chi connectivity index (χ2n) is 5.13. The summed E-state index contributed by atoms with van der Waals surface area (Å²) in [5.41, 5.74) is 2.36. The third-order valence-electron chi connectivity index (χ3n) is 3.86. The number of anilines is 1. The van der Waals surface area contributed by atoms with Gasteiger partial charge in [0.1, 0.15) is 0 Å². The van der Waals surface area contributed by atoms with Gasteiger partial charge in [0.2, 0.25) is 0 Å². The molecule has 3 rings (SSSR count). The van der Waals surface area contributed by atoms with E-state index in [0.717, 1.165) is 24.9 Å². The lowest BCUT2D eigenvalue weighted by Gasteiger charge is -2.31. The molecule has 0 bridgehead atoms. The summed E-state index contributed by atoms with van der Waals surface area (Å²) in [6, 6.07) is 8.95. The highest BCUT2D eigenvalue weighted by molar-refractivity contribution is 5.95. The van der Waals surface area contributed by atoms with Gasteiger partial charge in [0.25, 0.3) is 0 Å². The fourth-order valence-electron chi connectivity index (χ4n) is 2.67. The number of benzene rings is 1. The van der Waals surface area contributed by atoms with Crippen LogP contribution in [0.25, 0.3) is 0 Å². The Morgan fingerprint density at radius 2 is 2.12 bits per heavy atom. The summed E-state index contributed by atoms with van der Waals surface area (Å²) in [6.45, 7) is 2.11. The minimum absolute atomic E-state index is 0.0761. The van der Waals surface area contributed by atoms with E-state index in [1.807, 2.05) is 23.1 Å². The number of urea groups is 1. The van der Waals surface area contributed by atoms with E-state index in [9.17, 15) is 4.79 Å². The largest absolute Gasteiger partial charge is 0.335 e. The third-order valence-corrected chi connectivity index (χ3v) is 3.86. The molecular weight excluding hydrogens is 212 g/mol. The maximum atomic E-state index is 12.2. The Kier molecular flexibility index (Phi) is 2.54. The molecule has 1 aliphatic carbocycles. The molecule has 0 spiro atoms. The van der Waals surface area contributed by atoms with Crippen molar-refractivity contribution in [2.24, 2.45) is 0 Å². The number of amides is 2. The Labute approximate surface area is 102 Å². The van der Waals surface area contributed by atoms with Crippen LogP contribution in [0.1, 0.15) is 31.7 Å². The summed E-state index contributed by atoms with van der Waals surface area (Å²) in [6.07, 6.45) is 4.48. The number of hydrogen-bond donors (Lipinski definition) is 1. The number of nitrogens with zero attached hydrogens (tertiary/aromatic N) is 1. The molecule has 0 saturated heterocycles. The van der Waals surface area contributed by atoms with Gasteiger partial charge >= 0.3 is 6.03 Å². The maximum Gasteiger partial charge on any atom is 0.322 e. The van der Waals surface area contributed by atoms with Crippen LogP contribution in [0.5, 0.6) is 0 Å². The molecule has 1 unspecified atom stereocenters. The SMILES string of the molecule is CC1Cc2ccccc2N1C(=O)NC1CCC1. The third kappa shape index (κ3) is 1.79. The van der Waals surface area contributed by atoms with Crippen molar-refractivity contribution in [3.05, 3.63) is 29.8 Å². The second kappa shape index (κ2) is 4.06. The highest BCUT2D eigenvalue weighted by Gasteiger charge is 2.32. The van der Waals surface area contributed by atoms with E-state index in [2.05, 4.69) is 18.3 Å². The van der Waals surface area contributed by atoms with Crippen LogP contribution in [-0.2, 0) is 6.42 Å². The lowest BCUT2D eigenvalue weighted by atomic mass is 9.93. The number of fused-ring (bicyclic) bond motifs is 1. The van der Waals surface area contributed by atoms with E-state index in [-0.39, 0.29) is 12.1 Å². The normalized spacial score (nSPS) is 23.1. The monoisotopic (exact) mass is 230 g/mol. The van der Waals surface area contributed by atoms with Crippen LogP contribution in [0.4, 0.5) is 10.5 Å². The first-order valence-corrected chi connectivity index (χ1v) is 6.43. The smallest absolute Gasteiger partial charge is 0.322 e. The summed E-state index contributed by atoms with van der Waals surface area (Å²) in [4.78, 5) is 14.1. The van der Waals surface area contributed by atoms with Gasteiger partial charge in [-0.2, -0.15) is 0 Å². The average molecular weight is 230 g/mol. The van der Waals surface area contributed by atoms with Crippen LogP contribution in [-0.4, -0.2) is 18.1 Å². The van der Waals surface area contributed by atoms with Crippen molar-refractivity contribution in [1.82, 2.24) is 5.32 Å². The minimum atomic E-state index is 0.0761. The Morgan fingerprint density at radius 3 is 2.82 bits per heavy atom. The molecule has 3 nitrogen and oxygen atoms in total. The molecule has 1 aromatic rings. The predicted octanol–water partition coefficient (Wildman–Crippen LogP) is 2.70.